The molecule has 0 aliphatic heterocycles. The summed E-state index contributed by atoms with van der Waals surface area (Å²) in [5, 5.41) is 18.0. The van der Waals surface area contributed by atoms with Crippen molar-refractivity contribution in [3.05, 3.63) is 23.5 Å². The number of methoxy groups -OCH3 is 2. The van der Waals surface area contributed by atoms with Gasteiger partial charge < -0.3 is 9.47 Å². The average Bonchev–Trinajstić information content (AvgIpc) is 2.57. The maximum absolute atomic E-state index is 8.98. The number of hydrogen-bond acceptors (Lipinski definition) is 8. The van der Waals surface area contributed by atoms with Gasteiger partial charge in [-0.3, -0.25) is 0 Å². The molecule has 0 atom stereocenters. The molecule has 22 heavy (non-hydrogen) atoms. The van der Waals surface area contributed by atoms with Gasteiger partial charge in [-0.15, -0.1) is 0 Å². The van der Waals surface area contributed by atoms with Crippen LogP contribution >= 0.6 is 0 Å². The number of nitriles is 2. The van der Waals surface area contributed by atoms with Crippen LogP contribution in [0.5, 0.6) is 11.5 Å². The number of benzene rings is 1. The number of ether oxygens (including phenoxy) is 2. The molecular weight excluding hydrogens is 284 g/mol. The topological polar surface area (TPSA) is 118 Å². The minimum absolute atomic E-state index is 0.0795. The smallest absolute Gasteiger partial charge is 0.199 e. The molecule has 106 valence electrons. The number of rotatable bonds is 2. The normalized spacial score (nSPS) is 10.2. The Bertz CT molecular complexity index is 907. The van der Waals surface area contributed by atoms with E-state index in [0.717, 1.165) is 0 Å². The van der Waals surface area contributed by atoms with Crippen molar-refractivity contribution in [1.82, 2.24) is 19.9 Å². The lowest BCUT2D eigenvalue weighted by atomic mass is 10.2. The predicted molar refractivity (Wildman–Crippen MR) is 75.2 cm³/mol. The van der Waals surface area contributed by atoms with Crippen molar-refractivity contribution in [2.75, 3.05) is 14.2 Å². The average molecular weight is 292 g/mol. The van der Waals surface area contributed by atoms with Crippen molar-refractivity contribution < 1.29 is 9.47 Å². The minimum Gasteiger partial charge on any atom is -0.493 e. The van der Waals surface area contributed by atoms with E-state index in [2.05, 4.69) is 19.9 Å². The third-order valence-electron chi connectivity index (χ3n) is 3.00. The summed E-state index contributed by atoms with van der Waals surface area (Å²) in [5.41, 5.74) is 1.26. The van der Waals surface area contributed by atoms with Crippen LogP contribution in [0.1, 0.15) is 11.4 Å². The second-order valence-electron chi connectivity index (χ2n) is 4.21. The van der Waals surface area contributed by atoms with Crippen molar-refractivity contribution in [3.63, 3.8) is 0 Å². The Balaban J connectivity index is 2.36. The monoisotopic (exact) mass is 292 g/mol. The molecule has 0 spiro atoms. The summed E-state index contributed by atoms with van der Waals surface area (Å²) in [6.07, 6.45) is 0. The molecule has 3 rings (SSSR count). The summed E-state index contributed by atoms with van der Waals surface area (Å²) in [6.45, 7) is 0. The first-order valence-electron chi connectivity index (χ1n) is 6.12. The summed E-state index contributed by atoms with van der Waals surface area (Å²) >= 11 is 0. The molecule has 0 unspecified atom stereocenters. The molecule has 0 fully saturated rings. The van der Waals surface area contributed by atoms with E-state index >= 15 is 0 Å². The molecule has 3 aromatic rings. The van der Waals surface area contributed by atoms with Crippen LogP contribution in [-0.4, -0.2) is 34.2 Å². The van der Waals surface area contributed by atoms with E-state index in [-0.39, 0.29) is 22.7 Å². The van der Waals surface area contributed by atoms with E-state index in [9.17, 15) is 0 Å². The second-order valence-corrected chi connectivity index (χ2v) is 4.21. The van der Waals surface area contributed by atoms with Crippen molar-refractivity contribution in [2.45, 2.75) is 0 Å². The molecule has 0 aliphatic rings. The van der Waals surface area contributed by atoms with E-state index in [4.69, 9.17) is 20.0 Å². The summed E-state index contributed by atoms with van der Waals surface area (Å²) in [6, 6.07) is 6.96. The molecule has 0 bridgehead atoms. The first kappa shape index (κ1) is 13.5. The number of aromatic nitrogens is 4. The van der Waals surface area contributed by atoms with Gasteiger partial charge in [-0.25, -0.2) is 19.9 Å². The minimum atomic E-state index is -0.0795. The molecular formula is C14H8N6O2. The van der Waals surface area contributed by atoms with E-state index < -0.39 is 0 Å². The molecule has 0 saturated heterocycles. The van der Waals surface area contributed by atoms with Crippen molar-refractivity contribution in [2.24, 2.45) is 0 Å². The highest BCUT2D eigenvalue weighted by Gasteiger charge is 2.13. The molecule has 2 heterocycles. The molecule has 0 radical (unpaired) electrons. The van der Waals surface area contributed by atoms with Crippen LogP contribution in [0.4, 0.5) is 0 Å². The highest BCUT2D eigenvalue weighted by molar-refractivity contribution is 5.85. The van der Waals surface area contributed by atoms with Crippen LogP contribution in [0.2, 0.25) is 0 Å². The fourth-order valence-electron chi connectivity index (χ4n) is 1.99. The Morgan fingerprint density at radius 1 is 0.773 bits per heavy atom. The van der Waals surface area contributed by atoms with E-state index in [1.54, 1.807) is 12.1 Å². The van der Waals surface area contributed by atoms with Crippen LogP contribution in [0, 0.1) is 22.7 Å². The van der Waals surface area contributed by atoms with Crippen LogP contribution in [0.15, 0.2) is 12.1 Å². The van der Waals surface area contributed by atoms with Gasteiger partial charge in [-0.2, -0.15) is 10.5 Å². The van der Waals surface area contributed by atoms with Gasteiger partial charge in [-0.1, -0.05) is 0 Å². The van der Waals surface area contributed by atoms with Crippen LogP contribution in [0.3, 0.4) is 0 Å². The molecule has 0 aliphatic carbocycles. The maximum atomic E-state index is 8.98. The summed E-state index contributed by atoms with van der Waals surface area (Å²) < 4.78 is 10.4. The van der Waals surface area contributed by atoms with Gasteiger partial charge in [0.15, 0.2) is 34.2 Å². The van der Waals surface area contributed by atoms with E-state index in [1.165, 1.54) is 14.2 Å². The number of hydrogen-bond donors (Lipinski definition) is 0. The van der Waals surface area contributed by atoms with Gasteiger partial charge in [0.05, 0.1) is 25.3 Å². The Hall–Kier alpha value is -3.52. The van der Waals surface area contributed by atoms with Gasteiger partial charge in [0.2, 0.25) is 0 Å². The highest BCUT2D eigenvalue weighted by atomic mass is 16.5. The Labute approximate surface area is 124 Å². The third kappa shape index (κ3) is 2.00. The lowest BCUT2D eigenvalue weighted by Gasteiger charge is -2.08. The van der Waals surface area contributed by atoms with Crippen molar-refractivity contribution >= 4 is 22.3 Å². The van der Waals surface area contributed by atoms with Crippen LogP contribution in [0.25, 0.3) is 22.3 Å². The highest BCUT2D eigenvalue weighted by Crippen LogP contribution is 2.31. The first-order valence-corrected chi connectivity index (χ1v) is 6.12. The zero-order chi connectivity index (χ0) is 15.7. The largest absolute Gasteiger partial charge is 0.493 e. The van der Waals surface area contributed by atoms with E-state index in [0.29, 0.717) is 22.5 Å². The fourth-order valence-corrected chi connectivity index (χ4v) is 1.99. The Morgan fingerprint density at radius 2 is 1.18 bits per heavy atom. The SMILES string of the molecule is COc1cc2nc3nc(C#N)c(C#N)nc3nc2cc1OC. The number of nitrogens with zero attached hydrogens (tertiary/aromatic N) is 6. The maximum Gasteiger partial charge on any atom is 0.199 e. The van der Waals surface area contributed by atoms with Crippen LogP contribution < -0.4 is 9.47 Å². The lowest BCUT2D eigenvalue weighted by molar-refractivity contribution is 0.355. The molecule has 1 aromatic carbocycles. The second kappa shape index (κ2) is 5.11. The molecule has 2 aromatic heterocycles. The van der Waals surface area contributed by atoms with Gasteiger partial charge >= 0.3 is 0 Å². The zero-order valence-corrected chi connectivity index (χ0v) is 11.7. The summed E-state index contributed by atoms with van der Waals surface area (Å²) in [5.74, 6) is 1.01. The zero-order valence-electron chi connectivity index (χ0n) is 11.7. The van der Waals surface area contributed by atoms with Crippen molar-refractivity contribution in [3.8, 4) is 23.6 Å². The summed E-state index contributed by atoms with van der Waals surface area (Å²) in [4.78, 5) is 16.7. The van der Waals surface area contributed by atoms with Crippen molar-refractivity contribution in [1.29, 1.82) is 10.5 Å². The van der Waals surface area contributed by atoms with Gasteiger partial charge in [0, 0.05) is 12.1 Å². The number of fused-ring (bicyclic) bond motifs is 2. The quantitative estimate of drug-likeness (QED) is 0.649. The Morgan fingerprint density at radius 3 is 1.50 bits per heavy atom. The van der Waals surface area contributed by atoms with Gasteiger partial charge in [0.1, 0.15) is 12.1 Å². The summed E-state index contributed by atoms with van der Waals surface area (Å²) in [7, 11) is 3.04. The van der Waals surface area contributed by atoms with Crippen LogP contribution in [-0.2, 0) is 0 Å². The molecule has 0 amide bonds. The molecule has 8 nitrogen and oxygen atoms in total. The first-order chi connectivity index (χ1) is 10.7. The molecule has 8 heteroatoms. The van der Waals surface area contributed by atoms with E-state index in [1.807, 2.05) is 12.1 Å². The standard InChI is InChI=1S/C14H8N6O2/c1-21-11-3-7-8(4-12(11)22-2)18-14-13(17-7)19-9(5-15)10(6-16)20-14/h3-4H,1-2H3. The van der Waals surface area contributed by atoms with Gasteiger partial charge in [-0.05, 0) is 0 Å². The fraction of sp³-hybridized carbons (Fsp3) is 0.143. The molecule has 0 N–H and O–H groups in total. The van der Waals surface area contributed by atoms with Gasteiger partial charge in [0.25, 0.3) is 0 Å². The Kier molecular flexibility index (Phi) is 3.13. The third-order valence-corrected chi connectivity index (χ3v) is 3.00. The lowest BCUT2D eigenvalue weighted by Crippen LogP contribution is -2.00. The predicted octanol–water partition coefficient (Wildman–Crippen LogP) is 1.33. The molecule has 0 saturated carbocycles.